The number of nitrogens with two attached hydrogens (primary N) is 1. The average molecular weight is 270 g/mol. The summed E-state index contributed by atoms with van der Waals surface area (Å²) >= 11 is 5.77. The van der Waals surface area contributed by atoms with Crippen LogP contribution in [-0.2, 0) is 9.59 Å². The highest BCUT2D eigenvalue weighted by Crippen LogP contribution is 2.14. The van der Waals surface area contributed by atoms with Crippen molar-refractivity contribution in [2.24, 2.45) is 5.73 Å². The van der Waals surface area contributed by atoms with E-state index in [1.807, 2.05) is 0 Å². The summed E-state index contributed by atoms with van der Waals surface area (Å²) in [5, 5.41) is 13.0. The molecule has 0 spiro atoms. The zero-order valence-corrected chi connectivity index (χ0v) is 9.94. The maximum Gasteiger partial charge on any atom is 0.253 e. The Kier molecular flexibility index (Phi) is 4.67. The monoisotopic (exact) mass is 269 g/mol. The van der Waals surface area contributed by atoms with Crippen LogP contribution in [-0.4, -0.2) is 23.8 Å². The summed E-state index contributed by atoms with van der Waals surface area (Å²) < 4.78 is 0. The van der Waals surface area contributed by atoms with E-state index in [1.54, 1.807) is 12.1 Å². The molecule has 0 aliphatic carbocycles. The third-order valence-electron chi connectivity index (χ3n) is 2.11. The van der Waals surface area contributed by atoms with E-state index in [2.05, 4.69) is 5.32 Å². The predicted octanol–water partition coefficient (Wildman–Crippen LogP) is -0.936. The quantitative estimate of drug-likeness (QED) is 0.718. The third-order valence-corrected chi connectivity index (χ3v) is 2.44. The van der Waals surface area contributed by atoms with Crippen LogP contribution in [0.2, 0.25) is 5.02 Å². The standard InChI is InChI=1S/C11H11ClN2O4/c12-7-4-2-1-3-6(7)10(16)14-8(11(17)18)5-9(13)15/h1-4,8H,5H2,(H2,13,15)(H,14,16)(H,17,18)/p-1. The van der Waals surface area contributed by atoms with Gasteiger partial charge in [0.05, 0.1) is 29.0 Å². The first kappa shape index (κ1) is 14.0. The van der Waals surface area contributed by atoms with E-state index in [0.717, 1.165) is 0 Å². The minimum absolute atomic E-state index is 0.106. The van der Waals surface area contributed by atoms with Gasteiger partial charge < -0.3 is 21.0 Å². The van der Waals surface area contributed by atoms with Crippen LogP contribution in [0.1, 0.15) is 16.8 Å². The van der Waals surface area contributed by atoms with Gasteiger partial charge >= 0.3 is 0 Å². The maximum absolute atomic E-state index is 11.7. The highest BCUT2D eigenvalue weighted by Gasteiger charge is 2.18. The number of carbonyl (C=O) groups excluding carboxylic acids is 3. The van der Waals surface area contributed by atoms with Gasteiger partial charge in [-0.15, -0.1) is 0 Å². The summed E-state index contributed by atoms with van der Waals surface area (Å²) in [5.41, 5.74) is 4.97. The van der Waals surface area contributed by atoms with Gasteiger partial charge in [0.25, 0.3) is 5.91 Å². The molecule has 96 valence electrons. The van der Waals surface area contributed by atoms with Crippen molar-refractivity contribution in [2.45, 2.75) is 12.5 Å². The number of aliphatic carboxylic acids is 1. The number of rotatable bonds is 5. The van der Waals surface area contributed by atoms with E-state index < -0.39 is 30.2 Å². The number of primary amides is 1. The Morgan fingerprint density at radius 1 is 1.33 bits per heavy atom. The number of carboxylic acids is 1. The molecule has 1 aromatic rings. The lowest BCUT2D eigenvalue weighted by Gasteiger charge is -2.18. The lowest BCUT2D eigenvalue weighted by Crippen LogP contribution is -2.49. The number of hydrogen-bond acceptors (Lipinski definition) is 4. The second-order valence-corrected chi connectivity index (χ2v) is 3.90. The number of benzene rings is 1. The fourth-order valence-corrected chi connectivity index (χ4v) is 1.50. The Morgan fingerprint density at radius 3 is 2.44 bits per heavy atom. The Labute approximate surface area is 108 Å². The fraction of sp³-hybridized carbons (Fsp3) is 0.182. The molecule has 0 saturated heterocycles. The zero-order chi connectivity index (χ0) is 13.7. The molecule has 3 N–H and O–H groups in total. The molecule has 0 aliphatic heterocycles. The van der Waals surface area contributed by atoms with E-state index >= 15 is 0 Å². The zero-order valence-electron chi connectivity index (χ0n) is 9.18. The molecule has 6 nitrogen and oxygen atoms in total. The lowest BCUT2D eigenvalue weighted by atomic mass is 10.1. The number of hydrogen-bond donors (Lipinski definition) is 2. The number of amides is 2. The molecular weight excluding hydrogens is 260 g/mol. The fourth-order valence-electron chi connectivity index (χ4n) is 1.28. The van der Waals surface area contributed by atoms with Gasteiger partial charge in [0.1, 0.15) is 0 Å². The van der Waals surface area contributed by atoms with Crippen molar-refractivity contribution in [2.75, 3.05) is 0 Å². The number of carboxylic acid groups (broad SMARTS) is 1. The molecule has 0 fully saturated rings. The number of halogens is 1. The van der Waals surface area contributed by atoms with E-state index in [4.69, 9.17) is 17.3 Å². The molecule has 18 heavy (non-hydrogen) atoms. The number of nitrogens with one attached hydrogen (secondary N) is 1. The Hall–Kier alpha value is -2.08. The van der Waals surface area contributed by atoms with Gasteiger partial charge in [0, 0.05) is 0 Å². The summed E-state index contributed by atoms with van der Waals surface area (Å²) in [4.78, 5) is 33.1. The minimum Gasteiger partial charge on any atom is -0.548 e. The molecule has 1 aromatic carbocycles. The van der Waals surface area contributed by atoms with Crippen LogP contribution in [0.3, 0.4) is 0 Å². The maximum atomic E-state index is 11.7. The molecule has 0 heterocycles. The smallest absolute Gasteiger partial charge is 0.253 e. The van der Waals surface area contributed by atoms with Crippen molar-refractivity contribution < 1.29 is 19.5 Å². The van der Waals surface area contributed by atoms with E-state index in [0.29, 0.717) is 0 Å². The summed E-state index contributed by atoms with van der Waals surface area (Å²) in [6.07, 6.45) is -0.543. The molecule has 2 amide bonds. The van der Waals surface area contributed by atoms with Gasteiger partial charge in [-0.2, -0.15) is 0 Å². The molecule has 0 aromatic heterocycles. The van der Waals surface area contributed by atoms with Gasteiger partial charge in [0.15, 0.2) is 0 Å². The minimum atomic E-state index is -1.59. The van der Waals surface area contributed by atoms with Crippen molar-refractivity contribution in [3.63, 3.8) is 0 Å². The van der Waals surface area contributed by atoms with Gasteiger partial charge in [-0.05, 0) is 12.1 Å². The van der Waals surface area contributed by atoms with Crippen molar-refractivity contribution in [1.82, 2.24) is 5.32 Å². The van der Waals surface area contributed by atoms with Crippen molar-refractivity contribution in [3.05, 3.63) is 34.9 Å². The highest BCUT2D eigenvalue weighted by molar-refractivity contribution is 6.33. The molecule has 1 rings (SSSR count). The first-order valence-electron chi connectivity index (χ1n) is 4.96. The second-order valence-electron chi connectivity index (χ2n) is 3.50. The van der Waals surface area contributed by atoms with Gasteiger partial charge in [0.2, 0.25) is 5.91 Å². The van der Waals surface area contributed by atoms with E-state index in [1.165, 1.54) is 12.1 Å². The normalized spacial score (nSPS) is 11.6. The van der Waals surface area contributed by atoms with Crippen LogP contribution in [0, 0.1) is 0 Å². The summed E-state index contributed by atoms with van der Waals surface area (Å²) in [6, 6.07) is 4.63. The molecule has 0 radical (unpaired) electrons. The Morgan fingerprint density at radius 2 is 1.94 bits per heavy atom. The van der Waals surface area contributed by atoms with Gasteiger partial charge in [-0.25, -0.2) is 0 Å². The van der Waals surface area contributed by atoms with Crippen LogP contribution in [0.15, 0.2) is 24.3 Å². The van der Waals surface area contributed by atoms with Crippen molar-refractivity contribution in [1.29, 1.82) is 0 Å². The summed E-state index contributed by atoms with van der Waals surface area (Å²) in [5.74, 6) is -3.16. The topological polar surface area (TPSA) is 112 Å². The van der Waals surface area contributed by atoms with E-state index in [9.17, 15) is 19.5 Å². The van der Waals surface area contributed by atoms with Crippen LogP contribution in [0.25, 0.3) is 0 Å². The second kappa shape index (κ2) is 6.02. The van der Waals surface area contributed by atoms with Crippen LogP contribution in [0.4, 0.5) is 0 Å². The van der Waals surface area contributed by atoms with E-state index in [-0.39, 0.29) is 10.6 Å². The molecule has 7 heteroatoms. The SMILES string of the molecule is NC(=O)CC(NC(=O)c1ccccc1Cl)C(=O)[O-]. The summed E-state index contributed by atoms with van der Waals surface area (Å²) in [6.45, 7) is 0. The highest BCUT2D eigenvalue weighted by atomic mass is 35.5. The van der Waals surface area contributed by atoms with Gasteiger partial charge in [-0.1, -0.05) is 23.7 Å². The predicted molar refractivity (Wildman–Crippen MR) is 61.5 cm³/mol. The first-order valence-corrected chi connectivity index (χ1v) is 5.34. The van der Waals surface area contributed by atoms with Crippen LogP contribution < -0.4 is 16.2 Å². The molecule has 1 unspecified atom stereocenters. The molecule has 1 atom stereocenters. The van der Waals surface area contributed by atoms with Crippen LogP contribution >= 0.6 is 11.6 Å². The molecule has 0 aliphatic rings. The number of carbonyl (C=O) groups is 3. The third kappa shape index (κ3) is 3.74. The first-order chi connectivity index (χ1) is 8.41. The lowest BCUT2D eigenvalue weighted by molar-refractivity contribution is -0.308. The van der Waals surface area contributed by atoms with Gasteiger partial charge in [-0.3, -0.25) is 9.59 Å². The Bertz CT molecular complexity index is 490. The van der Waals surface area contributed by atoms with Crippen molar-refractivity contribution >= 4 is 29.4 Å². The molecule has 0 saturated carbocycles. The van der Waals surface area contributed by atoms with Crippen molar-refractivity contribution in [3.8, 4) is 0 Å². The molecular formula is C11H10ClN2O4-. The largest absolute Gasteiger partial charge is 0.548 e. The summed E-state index contributed by atoms with van der Waals surface area (Å²) in [7, 11) is 0. The molecule has 0 bridgehead atoms. The van der Waals surface area contributed by atoms with Crippen LogP contribution in [0.5, 0.6) is 0 Å². The average Bonchev–Trinajstić information content (AvgIpc) is 2.27. The Balaban J connectivity index is 2.82.